The summed E-state index contributed by atoms with van der Waals surface area (Å²) in [6, 6.07) is 0. The summed E-state index contributed by atoms with van der Waals surface area (Å²) in [7, 11) is 0. The number of carbonyl (C=O) groups is 1. The molecule has 1 atom stereocenters. The Morgan fingerprint density at radius 2 is 2.67 bits per heavy atom. The van der Waals surface area contributed by atoms with Gasteiger partial charge in [0.2, 0.25) is 0 Å². The van der Waals surface area contributed by atoms with Gasteiger partial charge in [0.25, 0.3) is 5.91 Å². The van der Waals surface area contributed by atoms with Crippen molar-refractivity contribution < 1.29 is 9.90 Å². The minimum absolute atomic E-state index is 0.232. The van der Waals surface area contributed by atoms with Crippen LogP contribution in [0.5, 0.6) is 0 Å². The van der Waals surface area contributed by atoms with Crippen LogP contribution in [0.25, 0.3) is 0 Å². The molecule has 1 heterocycles. The lowest BCUT2D eigenvalue weighted by Crippen LogP contribution is -2.30. The first-order chi connectivity index (χ1) is 5.70. The molecule has 66 valence electrons. The average molecular weight is 187 g/mol. The number of carbonyl (C=O) groups excluding carboxylic acids is 1. The number of aliphatic hydroxyl groups excluding tert-OH is 1. The molecule has 0 saturated carbocycles. The molecule has 0 spiro atoms. The molecule has 12 heavy (non-hydrogen) atoms. The molecule has 5 nitrogen and oxygen atoms in total. The first-order valence-electron chi connectivity index (χ1n) is 3.43. The fourth-order valence-electron chi connectivity index (χ4n) is 0.595. The van der Waals surface area contributed by atoms with Crippen LogP contribution >= 0.6 is 11.5 Å². The van der Waals surface area contributed by atoms with Gasteiger partial charge >= 0.3 is 0 Å². The molecule has 0 radical (unpaired) electrons. The number of nitrogens with zero attached hydrogens (tertiary/aromatic N) is 2. The van der Waals surface area contributed by atoms with Gasteiger partial charge in [0.1, 0.15) is 0 Å². The Morgan fingerprint density at radius 1 is 1.92 bits per heavy atom. The Hall–Kier alpha value is -1.01. The number of amides is 1. The van der Waals surface area contributed by atoms with Crippen LogP contribution in [0.15, 0.2) is 5.38 Å². The normalized spacial score (nSPS) is 12.5. The van der Waals surface area contributed by atoms with Crippen molar-refractivity contribution in [2.24, 2.45) is 0 Å². The van der Waals surface area contributed by atoms with Crippen molar-refractivity contribution in [3.05, 3.63) is 11.1 Å². The van der Waals surface area contributed by atoms with Gasteiger partial charge < -0.3 is 10.4 Å². The summed E-state index contributed by atoms with van der Waals surface area (Å²) in [5, 5.41) is 16.5. The maximum absolute atomic E-state index is 11.1. The maximum atomic E-state index is 11.1. The lowest BCUT2D eigenvalue weighted by atomic mass is 10.4. The van der Waals surface area contributed by atoms with E-state index in [4.69, 9.17) is 5.11 Å². The molecule has 0 saturated heterocycles. The minimum atomic E-state index is -0.541. The molecule has 1 amide bonds. The standard InChI is InChI=1S/C6H9N3O2S/c1-4(10)2-7-6(11)5-3-12-9-8-5/h3-4,10H,2H2,1H3,(H,7,11). The predicted molar refractivity (Wildman–Crippen MR) is 43.9 cm³/mol. The second-order valence-electron chi connectivity index (χ2n) is 2.35. The van der Waals surface area contributed by atoms with Gasteiger partial charge in [0, 0.05) is 11.9 Å². The fourth-order valence-corrected chi connectivity index (χ4v) is 1.03. The van der Waals surface area contributed by atoms with Gasteiger partial charge in [-0.25, -0.2) is 0 Å². The van der Waals surface area contributed by atoms with Gasteiger partial charge in [-0.2, -0.15) is 0 Å². The first kappa shape index (κ1) is 9.08. The van der Waals surface area contributed by atoms with Crippen molar-refractivity contribution in [1.29, 1.82) is 0 Å². The van der Waals surface area contributed by atoms with Crippen LogP contribution in [0, 0.1) is 0 Å². The lowest BCUT2D eigenvalue weighted by Gasteiger charge is -2.03. The Balaban J connectivity index is 2.40. The largest absolute Gasteiger partial charge is 0.392 e. The summed E-state index contributed by atoms with van der Waals surface area (Å²) in [6.45, 7) is 1.83. The monoisotopic (exact) mass is 187 g/mol. The first-order valence-corrected chi connectivity index (χ1v) is 4.27. The van der Waals surface area contributed by atoms with E-state index in [0.29, 0.717) is 5.69 Å². The number of nitrogens with one attached hydrogen (secondary N) is 1. The summed E-state index contributed by atoms with van der Waals surface area (Å²) in [5.74, 6) is -0.301. The molecular weight excluding hydrogens is 178 g/mol. The summed E-state index contributed by atoms with van der Waals surface area (Å²) >= 11 is 1.12. The van der Waals surface area contributed by atoms with E-state index in [1.807, 2.05) is 0 Å². The third-order valence-electron chi connectivity index (χ3n) is 1.15. The number of aromatic nitrogens is 2. The highest BCUT2D eigenvalue weighted by molar-refractivity contribution is 7.03. The molecule has 0 aliphatic rings. The molecule has 0 fully saturated rings. The van der Waals surface area contributed by atoms with Crippen LogP contribution in [0.4, 0.5) is 0 Å². The molecule has 1 unspecified atom stereocenters. The van der Waals surface area contributed by atoms with Crippen molar-refractivity contribution in [2.75, 3.05) is 6.54 Å². The van der Waals surface area contributed by atoms with Crippen LogP contribution < -0.4 is 5.32 Å². The van der Waals surface area contributed by atoms with Gasteiger partial charge in [0.15, 0.2) is 5.69 Å². The molecule has 0 aliphatic carbocycles. The molecular formula is C6H9N3O2S. The number of aliphatic hydroxyl groups is 1. The number of rotatable bonds is 3. The molecule has 0 aromatic carbocycles. The van der Waals surface area contributed by atoms with E-state index in [2.05, 4.69) is 14.9 Å². The van der Waals surface area contributed by atoms with E-state index < -0.39 is 6.10 Å². The van der Waals surface area contributed by atoms with Crippen molar-refractivity contribution >= 4 is 17.4 Å². The molecule has 0 bridgehead atoms. The van der Waals surface area contributed by atoms with E-state index in [0.717, 1.165) is 11.5 Å². The van der Waals surface area contributed by atoms with Crippen molar-refractivity contribution in [2.45, 2.75) is 13.0 Å². The van der Waals surface area contributed by atoms with Crippen molar-refractivity contribution in [1.82, 2.24) is 14.9 Å². The molecule has 1 rings (SSSR count). The lowest BCUT2D eigenvalue weighted by molar-refractivity contribution is 0.0919. The highest BCUT2D eigenvalue weighted by atomic mass is 32.1. The summed E-state index contributed by atoms with van der Waals surface area (Å²) < 4.78 is 3.54. The van der Waals surface area contributed by atoms with Crippen LogP contribution in [0.1, 0.15) is 17.4 Å². The average Bonchev–Trinajstić information content (AvgIpc) is 2.51. The zero-order valence-corrected chi connectivity index (χ0v) is 7.34. The minimum Gasteiger partial charge on any atom is -0.392 e. The Morgan fingerprint density at radius 3 is 3.17 bits per heavy atom. The second-order valence-corrected chi connectivity index (χ2v) is 2.96. The highest BCUT2D eigenvalue weighted by Crippen LogP contribution is 1.95. The van der Waals surface area contributed by atoms with Gasteiger partial charge in [-0.3, -0.25) is 4.79 Å². The van der Waals surface area contributed by atoms with Crippen LogP contribution in [-0.2, 0) is 0 Å². The van der Waals surface area contributed by atoms with Crippen LogP contribution in [0.2, 0.25) is 0 Å². The van der Waals surface area contributed by atoms with Crippen LogP contribution in [0.3, 0.4) is 0 Å². The third-order valence-corrected chi connectivity index (χ3v) is 1.66. The second kappa shape index (κ2) is 4.13. The summed E-state index contributed by atoms with van der Waals surface area (Å²) in [6.07, 6.45) is -0.541. The summed E-state index contributed by atoms with van der Waals surface area (Å²) in [4.78, 5) is 11.1. The van der Waals surface area contributed by atoms with Crippen molar-refractivity contribution in [3.8, 4) is 0 Å². The maximum Gasteiger partial charge on any atom is 0.272 e. The summed E-state index contributed by atoms with van der Waals surface area (Å²) in [5.41, 5.74) is 0.292. The SMILES string of the molecule is CC(O)CNC(=O)c1csnn1. The molecule has 1 aromatic heterocycles. The van der Waals surface area contributed by atoms with Gasteiger partial charge in [-0.1, -0.05) is 4.49 Å². The molecule has 2 N–H and O–H groups in total. The predicted octanol–water partition coefficient (Wildman–Crippen LogP) is -0.351. The topological polar surface area (TPSA) is 75.1 Å². The molecule has 6 heteroatoms. The Labute approximate surface area is 73.6 Å². The van der Waals surface area contributed by atoms with E-state index >= 15 is 0 Å². The molecule has 0 aliphatic heterocycles. The van der Waals surface area contributed by atoms with Gasteiger partial charge in [-0.05, 0) is 18.5 Å². The Kier molecular flexibility index (Phi) is 3.12. The highest BCUT2D eigenvalue weighted by Gasteiger charge is 2.08. The van der Waals surface area contributed by atoms with Crippen LogP contribution in [-0.4, -0.2) is 33.2 Å². The molecule has 1 aromatic rings. The quantitative estimate of drug-likeness (QED) is 0.678. The van der Waals surface area contributed by atoms with E-state index in [9.17, 15) is 4.79 Å². The van der Waals surface area contributed by atoms with E-state index in [1.54, 1.807) is 12.3 Å². The van der Waals surface area contributed by atoms with Gasteiger partial charge in [-0.15, -0.1) is 5.10 Å². The zero-order valence-electron chi connectivity index (χ0n) is 6.52. The number of hydrogen-bond acceptors (Lipinski definition) is 5. The Bertz CT molecular complexity index is 247. The number of hydrogen-bond donors (Lipinski definition) is 2. The smallest absolute Gasteiger partial charge is 0.272 e. The van der Waals surface area contributed by atoms with E-state index in [1.165, 1.54) is 0 Å². The zero-order chi connectivity index (χ0) is 8.97. The van der Waals surface area contributed by atoms with Crippen molar-refractivity contribution in [3.63, 3.8) is 0 Å². The van der Waals surface area contributed by atoms with E-state index in [-0.39, 0.29) is 12.5 Å². The van der Waals surface area contributed by atoms with Gasteiger partial charge in [0.05, 0.1) is 6.10 Å². The third kappa shape index (κ3) is 2.55. The fraction of sp³-hybridized carbons (Fsp3) is 0.500.